The van der Waals surface area contributed by atoms with Crippen LogP contribution in [0.2, 0.25) is 19.6 Å². The van der Waals surface area contributed by atoms with Crippen molar-refractivity contribution in [3.8, 4) is 33.5 Å². The van der Waals surface area contributed by atoms with Crippen LogP contribution in [-0.2, 0) is 20.1 Å². The van der Waals surface area contributed by atoms with Crippen LogP contribution in [0.15, 0.2) is 150 Å². The normalized spacial score (nSPS) is 11.4. The number of rotatable bonds is 10. The largest absolute Gasteiger partial charge is 3.00 e. The molecule has 9 aromatic rings. The second-order valence-corrected chi connectivity index (χ2v) is 24.3. The van der Waals surface area contributed by atoms with E-state index < -0.39 is 14.0 Å². The fourth-order valence-corrected chi connectivity index (χ4v) is 9.71. The maximum Gasteiger partial charge on any atom is 3.00 e. The van der Waals surface area contributed by atoms with Crippen LogP contribution in [0, 0.1) is 32.9 Å². The van der Waals surface area contributed by atoms with E-state index in [2.05, 4.69) is 161 Å². The van der Waals surface area contributed by atoms with Crippen LogP contribution in [0.3, 0.4) is 0 Å². The third-order valence-electron chi connectivity index (χ3n) is 12.3. The summed E-state index contributed by atoms with van der Waals surface area (Å²) in [6, 6.07) is 53.0. The molecule has 348 valence electrons. The monoisotopic (exact) mass is 1100 g/mol. The molecule has 0 saturated heterocycles. The van der Waals surface area contributed by atoms with E-state index in [1.165, 1.54) is 39.1 Å². The van der Waals surface area contributed by atoms with Crippen LogP contribution >= 0.6 is 0 Å². The molecule has 3 aromatic heterocycles. The van der Waals surface area contributed by atoms with Gasteiger partial charge in [-0.2, -0.15) is 0 Å². The summed E-state index contributed by atoms with van der Waals surface area (Å²) in [4.78, 5) is 21.9. The first kappa shape index (κ1) is 50.1. The van der Waals surface area contributed by atoms with Gasteiger partial charge in [0.25, 0.3) is 5.97 Å². The molecule has 9 heteroatoms. The van der Waals surface area contributed by atoms with Crippen molar-refractivity contribution < 1.29 is 34.4 Å². The smallest absolute Gasteiger partial charge is 0.520 e. The number of fused-ring (bicyclic) bond motifs is 3. The van der Waals surface area contributed by atoms with Crippen molar-refractivity contribution in [1.82, 2.24) is 9.97 Å². The number of aryl methyl sites for hydroxylation is 3. The number of anilines is 2. The van der Waals surface area contributed by atoms with Crippen molar-refractivity contribution in [3.05, 3.63) is 202 Å². The van der Waals surface area contributed by atoms with Crippen molar-refractivity contribution in [3.63, 3.8) is 0 Å². The number of amidine groups is 1. The van der Waals surface area contributed by atoms with Crippen LogP contribution in [0.25, 0.3) is 60.9 Å². The molecule has 9 rings (SSSR count). The molecule has 0 amide bonds. The molecule has 0 radical (unpaired) electrons. The molecule has 0 atom stereocenters. The minimum Gasteiger partial charge on any atom is -0.520 e. The van der Waals surface area contributed by atoms with Gasteiger partial charge in [-0.1, -0.05) is 149 Å². The molecule has 0 spiro atoms. The fourth-order valence-electron chi connectivity index (χ4n) is 8.67. The van der Waals surface area contributed by atoms with Crippen molar-refractivity contribution in [2.45, 2.75) is 79.9 Å². The molecule has 0 fully saturated rings. The first-order chi connectivity index (χ1) is 32.5. The van der Waals surface area contributed by atoms with Crippen LogP contribution in [0.1, 0.15) is 83.5 Å². The van der Waals surface area contributed by atoms with E-state index in [1.54, 1.807) is 12.1 Å². The topological polar surface area (TPSA) is 102 Å². The number of hydrogen-bond acceptors (Lipinski definition) is 4. The third kappa shape index (κ3) is 10.9. The van der Waals surface area contributed by atoms with Gasteiger partial charge < -0.3 is 24.8 Å². The molecular formula is C60H57IrN4O3Si. The van der Waals surface area contributed by atoms with Crippen LogP contribution < -0.4 is 10.1 Å². The van der Waals surface area contributed by atoms with E-state index in [1.807, 2.05) is 61.3 Å². The quantitative estimate of drug-likeness (QED) is 0.0634. The summed E-state index contributed by atoms with van der Waals surface area (Å²) in [7, 11) is -1.33. The van der Waals surface area contributed by atoms with Gasteiger partial charge in [0.05, 0.1) is 8.07 Å². The number of hydrogen-bond donors (Lipinski definition) is 1. The Kier molecular flexibility index (Phi) is 15.1. The van der Waals surface area contributed by atoms with Crippen LogP contribution in [-0.4, -0.2) is 35.0 Å². The Balaban J connectivity index is 0.000000295. The predicted octanol–water partition coefficient (Wildman–Crippen LogP) is 15.2. The number of aromatic carboxylic acids is 1. The van der Waals surface area contributed by atoms with Gasteiger partial charge in [0.1, 0.15) is 5.58 Å². The van der Waals surface area contributed by atoms with Crippen LogP contribution in [0.5, 0.6) is 0 Å². The van der Waals surface area contributed by atoms with Crippen molar-refractivity contribution in [2.24, 2.45) is 0 Å². The maximum atomic E-state index is 12.6. The molecule has 0 saturated carbocycles. The zero-order valence-electron chi connectivity index (χ0n) is 40.9. The third-order valence-corrected chi connectivity index (χ3v) is 14.3. The summed E-state index contributed by atoms with van der Waals surface area (Å²) in [5, 5.41) is 24.6. The second kappa shape index (κ2) is 20.8. The van der Waals surface area contributed by atoms with Crippen molar-refractivity contribution >= 4 is 58.4 Å². The average Bonchev–Trinajstić information content (AvgIpc) is 3.70. The molecule has 69 heavy (non-hydrogen) atoms. The first-order valence-corrected chi connectivity index (χ1v) is 26.7. The van der Waals surface area contributed by atoms with Crippen LogP contribution in [0.4, 0.5) is 11.4 Å². The standard InChI is InChI=1S/C45H41N3O.C15H16NO2Si.Ir/c1-27(2)40-22-29(5)23-41(28(3)4)43(40)48(36-24-30(6)47-31(7)25-36)45(46)39-15-11-14-38-37-21-20-35(26-42(37)49-44(38)39)34-18-16-33(17-19-34)32-12-9-8-10-13-32;1-19(2,3)13-8-9-14(16-10-13)11-4-6-12(7-5-11)15(17)18;/h8-14,16-28H,1-7H3;4,6-10H,1-3H3,(H,17,18);/q-2;-1;+3. The van der Waals surface area contributed by atoms with Gasteiger partial charge in [0.15, 0.2) is 0 Å². The molecule has 0 bridgehead atoms. The number of pyridine rings is 2. The summed E-state index contributed by atoms with van der Waals surface area (Å²) in [5.74, 6) is -0.431. The van der Waals surface area contributed by atoms with E-state index in [0.29, 0.717) is 11.1 Å². The molecular weight excluding hydrogens is 1040 g/mol. The predicted molar refractivity (Wildman–Crippen MR) is 285 cm³/mol. The number of carboxylic acids is 1. The summed E-state index contributed by atoms with van der Waals surface area (Å²) in [5.41, 5.74) is 15.4. The number of benzene rings is 6. The Morgan fingerprint density at radius 2 is 1.32 bits per heavy atom. The van der Waals surface area contributed by atoms with Crippen molar-refractivity contribution in [2.75, 3.05) is 4.90 Å². The average molecular weight is 1100 g/mol. The number of nitrogens with zero attached hydrogens (tertiary/aromatic N) is 4. The summed E-state index contributed by atoms with van der Waals surface area (Å²) < 4.78 is 6.65. The zero-order valence-corrected chi connectivity index (χ0v) is 44.3. The van der Waals surface area contributed by atoms with Gasteiger partial charge in [-0.05, 0) is 112 Å². The Morgan fingerprint density at radius 3 is 1.87 bits per heavy atom. The number of aromatic nitrogens is 2. The van der Waals surface area contributed by atoms with E-state index in [4.69, 9.17) is 9.52 Å². The Hall–Kier alpha value is -6.77. The minimum atomic E-state index is -1.33. The van der Waals surface area contributed by atoms with Gasteiger partial charge in [-0.25, -0.2) is 0 Å². The molecule has 0 aliphatic rings. The summed E-state index contributed by atoms with van der Waals surface area (Å²) in [6.45, 7) is 21.8. The number of carbonyl (C=O) groups is 1. The van der Waals surface area contributed by atoms with Crippen molar-refractivity contribution in [1.29, 1.82) is 0 Å². The number of furan rings is 1. The SMILES string of the molecule is C[Si](C)(C)c1ccc(-c2[c-]cc(C(=O)O)cc2)nc1.Cc1cc(C(C)C)c(N(C(=[N-])c2[c-]ccc3c2oc2cc(-c4ccc(-c5ccccc5)cc4)ccc23)c2cc(C)nc(C)c2)c(C(C)C)c1.[Ir+3]. The van der Waals surface area contributed by atoms with E-state index in [-0.39, 0.29) is 43.3 Å². The Morgan fingerprint density at radius 1 is 0.710 bits per heavy atom. The van der Waals surface area contributed by atoms with Gasteiger partial charge in [-0.3, -0.25) is 9.78 Å². The summed E-state index contributed by atoms with van der Waals surface area (Å²) >= 11 is 0. The molecule has 1 N–H and O–H groups in total. The molecule has 0 aliphatic heterocycles. The van der Waals surface area contributed by atoms with E-state index in [0.717, 1.165) is 61.5 Å². The minimum absolute atomic E-state index is 0. The number of carboxylic acid groups (broad SMARTS) is 1. The van der Waals surface area contributed by atoms with E-state index >= 15 is 0 Å². The molecule has 6 aromatic carbocycles. The zero-order chi connectivity index (χ0) is 48.4. The molecule has 0 unspecified atom stereocenters. The van der Waals surface area contributed by atoms with E-state index in [9.17, 15) is 10.2 Å². The second-order valence-electron chi connectivity index (χ2n) is 19.2. The maximum absolute atomic E-state index is 12.6. The summed E-state index contributed by atoms with van der Waals surface area (Å²) in [6.07, 6.45) is 1.92. The molecule has 0 aliphatic carbocycles. The molecule has 3 heterocycles. The first-order valence-electron chi connectivity index (χ1n) is 23.2. The van der Waals surface area contributed by atoms with Gasteiger partial charge in [0.2, 0.25) is 0 Å². The Labute approximate surface area is 421 Å². The molecule has 7 nitrogen and oxygen atoms in total. The van der Waals surface area contributed by atoms with Gasteiger partial charge in [-0.15, -0.1) is 59.4 Å². The Bertz CT molecular complexity index is 3230. The fraction of sp³-hybridized carbons (Fsp3) is 0.200. The van der Waals surface area contributed by atoms with Gasteiger partial charge >= 0.3 is 20.1 Å². The van der Waals surface area contributed by atoms with Gasteiger partial charge in [0, 0.05) is 28.6 Å².